The summed E-state index contributed by atoms with van der Waals surface area (Å²) in [7, 11) is 2.10. The van der Waals surface area contributed by atoms with E-state index in [1.165, 1.54) is 0 Å². The number of anilines is 1. The lowest BCUT2D eigenvalue weighted by Gasteiger charge is -2.38. The molecular formula is C16H26N4O. The SMILES string of the molecule is CCNc1cc(C(=O)N2CCN(C)CC2C)cc(CC)n1. The number of carbonyl (C=O) groups is 1. The number of carbonyl (C=O) groups excluding carboxylic acids is 1. The van der Waals surface area contributed by atoms with Crippen LogP contribution in [0, 0.1) is 0 Å². The van der Waals surface area contributed by atoms with Crippen LogP contribution in [0.3, 0.4) is 0 Å². The average molecular weight is 290 g/mol. The predicted octanol–water partition coefficient (Wildman–Crippen LogP) is 1.85. The Labute approximate surface area is 127 Å². The van der Waals surface area contributed by atoms with Crippen molar-refractivity contribution in [2.24, 2.45) is 0 Å². The highest BCUT2D eigenvalue weighted by atomic mass is 16.2. The van der Waals surface area contributed by atoms with Crippen LogP contribution in [0.2, 0.25) is 0 Å². The summed E-state index contributed by atoms with van der Waals surface area (Å²) >= 11 is 0. The number of pyridine rings is 1. The Bertz CT molecular complexity index is 503. The van der Waals surface area contributed by atoms with Gasteiger partial charge in [0.2, 0.25) is 0 Å². The smallest absolute Gasteiger partial charge is 0.254 e. The van der Waals surface area contributed by atoms with Crippen LogP contribution in [0.25, 0.3) is 0 Å². The highest BCUT2D eigenvalue weighted by Crippen LogP contribution is 2.17. The van der Waals surface area contributed by atoms with Crippen molar-refractivity contribution >= 4 is 11.7 Å². The maximum Gasteiger partial charge on any atom is 0.254 e. The van der Waals surface area contributed by atoms with E-state index in [9.17, 15) is 4.79 Å². The molecule has 2 rings (SSSR count). The van der Waals surface area contributed by atoms with Crippen LogP contribution < -0.4 is 5.32 Å². The van der Waals surface area contributed by atoms with Gasteiger partial charge in [0.25, 0.3) is 5.91 Å². The second-order valence-electron chi connectivity index (χ2n) is 5.73. The number of amides is 1. The van der Waals surface area contributed by atoms with Gasteiger partial charge in [-0.3, -0.25) is 4.79 Å². The monoisotopic (exact) mass is 290 g/mol. The third-order valence-corrected chi connectivity index (χ3v) is 3.94. The molecule has 1 saturated heterocycles. The highest BCUT2D eigenvalue weighted by Gasteiger charge is 2.27. The minimum absolute atomic E-state index is 0.117. The summed E-state index contributed by atoms with van der Waals surface area (Å²) in [6.07, 6.45) is 0.831. The van der Waals surface area contributed by atoms with E-state index < -0.39 is 0 Å². The summed E-state index contributed by atoms with van der Waals surface area (Å²) in [5.41, 5.74) is 1.70. The molecule has 1 atom stereocenters. The van der Waals surface area contributed by atoms with Crippen molar-refractivity contribution in [2.75, 3.05) is 38.5 Å². The molecule has 1 aliphatic heterocycles. The normalized spacial score (nSPS) is 19.6. The molecule has 1 fully saturated rings. The first-order valence-corrected chi connectivity index (χ1v) is 7.79. The van der Waals surface area contributed by atoms with Gasteiger partial charge in [0, 0.05) is 43.5 Å². The van der Waals surface area contributed by atoms with Crippen LogP contribution in [0.1, 0.15) is 36.8 Å². The maximum atomic E-state index is 12.8. The molecule has 5 nitrogen and oxygen atoms in total. The zero-order chi connectivity index (χ0) is 15.4. The number of hydrogen-bond donors (Lipinski definition) is 1. The van der Waals surface area contributed by atoms with E-state index in [2.05, 4.69) is 36.1 Å². The van der Waals surface area contributed by atoms with Gasteiger partial charge in [0.15, 0.2) is 0 Å². The molecule has 0 radical (unpaired) electrons. The molecule has 1 N–H and O–H groups in total. The number of aromatic nitrogens is 1. The molecule has 1 aromatic heterocycles. The molecule has 1 aliphatic rings. The molecule has 0 aliphatic carbocycles. The first kappa shape index (κ1) is 15.8. The summed E-state index contributed by atoms with van der Waals surface area (Å²) in [5.74, 6) is 0.911. The Morgan fingerprint density at radius 3 is 2.76 bits per heavy atom. The highest BCUT2D eigenvalue weighted by molar-refractivity contribution is 5.95. The zero-order valence-corrected chi connectivity index (χ0v) is 13.5. The number of aryl methyl sites for hydroxylation is 1. The van der Waals surface area contributed by atoms with Gasteiger partial charge in [0.05, 0.1) is 0 Å². The lowest BCUT2D eigenvalue weighted by Crippen LogP contribution is -2.52. The number of nitrogens with one attached hydrogen (secondary N) is 1. The summed E-state index contributed by atoms with van der Waals surface area (Å²) in [5, 5.41) is 3.21. The predicted molar refractivity (Wildman–Crippen MR) is 85.8 cm³/mol. The number of nitrogens with zero attached hydrogens (tertiary/aromatic N) is 3. The standard InChI is InChI=1S/C16H26N4O/c1-5-14-9-13(10-15(18-14)17-6-2)16(21)20-8-7-19(4)11-12(20)3/h9-10,12H,5-8,11H2,1-4H3,(H,17,18). The number of hydrogen-bond acceptors (Lipinski definition) is 4. The van der Waals surface area contributed by atoms with Crippen LogP contribution in [0.15, 0.2) is 12.1 Å². The van der Waals surface area contributed by atoms with E-state index >= 15 is 0 Å². The fourth-order valence-corrected chi connectivity index (χ4v) is 2.77. The van der Waals surface area contributed by atoms with Crippen molar-refractivity contribution in [3.63, 3.8) is 0 Å². The van der Waals surface area contributed by atoms with Crippen LogP contribution in [0.5, 0.6) is 0 Å². The minimum atomic E-state index is 0.117. The lowest BCUT2D eigenvalue weighted by molar-refractivity contribution is 0.0533. The Morgan fingerprint density at radius 2 is 2.14 bits per heavy atom. The van der Waals surface area contributed by atoms with E-state index in [1.54, 1.807) is 0 Å². The van der Waals surface area contributed by atoms with Crippen molar-refractivity contribution in [3.05, 3.63) is 23.4 Å². The fourth-order valence-electron chi connectivity index (χ4n) is 2.77. The number of rotatable bonds is 4. The lowest BCUT2D eigenvalue weighted by atomic mass is 10.1. The molecular weight excluding hydrogens is 264 g/mol. The quantitative estimate of drug-likeness (QED) is 0.919. The molecule has 21 heavy (non-hydrogen) atoms. The van der Waals surface area contributed by atoms with Crippen LogP contribution >= 0.6 is 0 Å². The van der Waals surface area contributed by atoms with Gasteiger partial charge in [-0.25, -0.2) is 4.98 Å². The Morgan fingerprint density at radius 1 is 1.38 bits per heavy atom. The third-order valence-electron chi connectivity index (χ3n) is 3.94. The third kappa shape index (κ3) is 3.73. The fraction of sp³-hybridized carbons (Fsp3) is 0.625. The van der Waals surface area contributed by atoms with Gasteiger partial charge < -0.3 is 15.1 Å². The van der Waals surface area contributed by atoms with Crippen molar-refractivity contribution in [1.82, 2.24) is 14.8 Å². The van der Waals surface area contributed by atoms with E-state index in [-0.39, 0.29) is 11.9 Å². The van der Waals surface area contributed by atoms with Gasteiger partial charge >= 0.3 is 0 Å². The van der Waals surface area contributed by atoms with Gasteiger partial charge in [0.1, 0.15) is 5.82 Å². The van der Waals surface area contributed by atoms with E-state index in [4.69, 9.17) is 0 Å². The molecule has 116 valence electrons. The first-order chi connectivity index (χ1) is 10.0. The van der Waals surface area contributed by atoms with Gasteiger partial charge in [-0.05, 0) is 39.4 Å². The largest absolute Gasteiger partial charge is 0.370 e. The second kappa shape index (κ2) is 6.89. The van der Waals surface area contributed by atoms with Crippen molar-refractivity contribution in [2.45, 2.75) is 33.2 Å². The molecule has 1 aromatic rings. The van der Waals surface area contributed by atoms with E-state index in [1.807, 2.05) is 24.0 Å². The number of likely N-dealkylation sites (N-methyl/N-ethyl adjacent to an activating group) is 1. The summed E-state index contributed by atoms with van der Waals surface area (Å²) in [6.45, 7) is 9.66. The second-order valence-corrected chi connectivity index (χ2v) is 5.73. The van der Waals surface area contributed by atoms with Crippen molar-refractivity contribution < 1.29 is 4.79 Å². The topological polar surface area (TPSA) is 48.5 Å². The molecule has 0 bridgehead atoms. The number of piperazine rings is 1. The maximum absolute atomic E-state index is 12.8. The molecule has 2 heterocycles. The Balaban J connectivity index is 2.23. The van der Waals surface area contributed by atoms with E-state index in [0.29, 0.717) is 0 Å². The Hall–Kier alpha value is -1.62. The molecule has 1 amide bonds. The molecule has 0 spiro atoms. The van der Waals surface area contributed by atoms with Crippen LogP contribution in [0.4, 0.5) is 5.82 Å². The Kier molecular flexibility index (Phi) is 5.17. The molecule has 5 heteroatoms. The van der Waals surface area contributed by atoms with Crippen LogP contribution in [-0.4, -0.2) is 60.0 Å². The average Bonchev–Trinajstić information content (AvgIpc) is 2.46. The zero-order valence-electron chi connectivity index (χ0n) is 13.5. The van der Waals surface area contributed by atoms with Gasteiger partial charge in [-0.2, -0.15) is 0 Å². The van der Waals surface area contributed by atoms with Crippen molar-refractivity contribution in [1.29, 1.82) is 0 Å². The van der Waals surface area contributed by atoms with Crippen molar-refractivity contribution in [3.8, 4) is 0 Å². The molecule has 0 saturated carbocycles. The molecule has 0 aromatic carbocycles. The summed E-state index contributed by atoms with van der Waals surface area (Å²) in [4.78, 5) is 21.5. The summed E-state index contributed by atoms with van der Waals surface area (Å²) in [6, 6.07) is 4.04. The van der Waals surface area contributed by atoms with Gasteiger partial charge in [-0.15, -0.1) is 0 Å². The van der Waals surface area contributed by atoms with Crippen LogP contribution in [-0.2, 0) is 6.42 Å². The summed E-state index contributed by atoms with van der Waals surface area (Å²) < 4.78 is 0. The molecule has 1 unspecified atom stereocenters. The minimum Gasteiger partial charge on any atom is -0.370 e. The van der Waals surface area contributed by atoms with E-state index in [0.717, 1.165) is 49.7 Å². The van der Waals surface area contributed by atoms with Gasteiger partial charge in [-0.1, -0.05) is 6.92 Å². The first-order valence-electron chi connectivity index (χ1n) is 7.79.